The smallest absolute Gasteiger partial charge is 0.129 e. The molecule has 20 heavy (non-hydrogen) atoms. The Labute approximate surface area is 122 Å². The summed E-state index contributed by atoms with van der Waals surface area (Å²) in [5.74, 6) is 1.44. The Balaban J connectivity index is 2.02. The highest BCUT2D eigenvalue weighted by Crippen LogP contribution is 2.45. The normalized spacial score (nSPS) is 14.0. The predicted molar refractivity (Wildman–Crippen MR) is 80.0 cm³/mol. The minimum absolute atomic E-state index is 0.459. The lowest BCUT2D eigenvalue weighted by Gasteiger charge is -2.07. The number of aromatic nitrogens is 1. The van der Waals surface area contributed by atoms with Crippen LogP contribution < -0.4 is 4.74 Å². The summed E-state index contributed by atoms with van der Waals surface area (Å²) in [4.78, 5) is 5.91. The van der Waals surface area contributed by atoms with Crippen LogP contribution >= 0.6 is 11.3 Å². The molecule has 0 N–H and O–H groups in total. The number of para-hydroxylation sites is 1. The lowest BCUT2D eigenvalue weighted by Crippen LogP contribution is -1.93. The van der Waals surface area contributed by atoms with Crippen molar-refractivity contribution in [2.75, 3.05) is 6.61 Å². The van der Waals surface area contributed by atoms with Gasteiger partial charge in [0, 0.05) is 10.8 Å². The Hall–Kier alpha value is -1.86. The number of thiazole rings is 1. The van der Waals surface area contributed by atoms with E-state index in [1.807, 2.05) is 31.2 Å². The standard InChI is InChI=1S/C16H16N2OS/c1-2-19-13-6-4-3-5-12(13)16-18-15(11-7-8-11)14(20-16)9-10-17/h3-6,11H,2,7-9H2,1H3. The molecule has 3 rings (SSSR count). The van der Waals surface area contributed by atoms with Crippen LogP contribution in [0.15, 0.2) is 24.3 Å². The van der Waals surface area contributed by atoms with Gasteiger partial charge in [0.15, 0.2) is 0 Å². The Morgan fingerprint density at radius 3 is 2.90 bits per heavy atom. The van der Waals surface area contributed by atoms with Crippen molar-refractivity contribution in [2.24, 2.45) is 0 Å². The summed E-state index contributed by atoms with van der Waals surface area (Å²) in [5.41, 5.74) is 2.17. The van der Waals surface area contributed by atoms with Gasteiger partial charge in [0.1, 0.15) is 10.8 Å². The molecule has 1 aromatic heterocycles. The Morgan fingerprint density at radius 1 is 1.40 bits per heavy atom. The van der Waals surface area contributed by atoms with Gasteiger partial charge in [-0.25, -0.2) is 4.98 Å². The minimum Gasteiger partial charge on any atom is -0.493 e. The summed E-state index contributed by atoms with van der Waals surface area (Å²) < 4.78 is 5.68. The van der Waals surface area contributed by atoms with E-state index < -0.39 is 0 Å². The van der Waals surface area contributed by atoms with Crippen molar-refractivity contribution in [3.8, 4) is 22.4 Å². The second kappa shape index (κ2) is 5.64. The summed E-state index contributed by atoms with van der Waals surface area (Å²) in [6, 6.07) is 10.2. The molecule has 1 heterocycles. The maximum Gasteiger partial charge on any atom is 0.129 e. The highest BCUT2D eigenvalue weighted by molar-refractivity contribution is 7.15. The molecule has 1 fully saturated rings. The first-order valence-electron chi connectivity index (χ1n) is 6.92. The molecule has 0 bridgehead atoms. The quantitative estimate of drug-likeness (QED) is 0.828. The Bertz CT molecular complexity index is 653. The summed E-state index contributed by atoms with van der Waals surface area (Å²) in [5, 5.41) is 9.94. The average molecular weight is 284 g/mol. The third-order valence-electron chi connectivity index (χ3n) is 3.35. The second-order valence-corrected chi connectivity index (χ2v) is 5.95. The van der Waals surface area contributed by atoms with E-state index in [0.717, 1.165) is 26.9 Å². The number of hydrogen-bond acceptors (Lipinski definition) is 4. The zero-order valence-electron chi connectivity index (χ0n) is 11.4. The fourth-order valence-electron chi connectivity index (χ4n) is 2.28. The molecule has 0 amide bonds. The van der Waals surface area contributed by atoms with Gasteiger partial charge in [0.25, 0.3) is 0 Å². The molecule has 1 saturated carbocycles. The van der Waals surface area contributed by atoms with E-state index in [-0.39, 0.29) is 0 Å². The molecule has 0 saturated heterocycles. The number of ether oxygens (including phenoxy) is 1. The fraction of sp³-hybridized carbons (Fsp3) is 0.375. The number of benzene rings is 1. The molecule has 0 spiro atoms. The van der Waals surface area contributed by atoms with Gasteiger partial charge < -0.3 is 4.74 Å². The molecule has 0 aliphatic heterocycles. The topological polar surface area (TPSA) is 45.9 Å². The van der Waals surface area contributed by atoms with Crippen LogP contribution in [0.1, 0.15) is 36.3 Å². The van der Waals surface area contributed by atoms with Crippen molar-refractivity contribution in [3.05, 3.63) is 34.8 Å². The highest BCUT2D eigenvalue weighted by atomic mass is 32.1. The first-order valence-corrected chi connectivity index (χ1v) is 7.74. The van der Waals surface area contributed by atoms with Gasteiger partial charge in [-0.1, -0.05) is 12.1 Å². The van der Waals surface area contributed by atoms with Crippen molar-refractivity contribution in [1.82, 2.24) is 4.98 Å². The lowest BCUT2D eigenvalue weighted by molar-refractivity contribution is 0.341. The van der Waals surface area contributed by atoms with Crippen LogP contribution in [0.4, 0.5) is 0 Å². The number of nitrogens with zero attached hydrogens (tertiary/aromatic N) is 2. The van der Waals surface area contributed by atoms with Crippen molar-refractivity contribution >= 4 is 11.3 Å². The van der Waals surface area contributed by atoms with Crippen LogP contribution in [0.3, 0.4) is 0 Å². The van der Waals surface area contributed by atoms with Crippen molar-refractivity contribution in [1.29, 1.82) is 5.26 Å². The monoisotopic (exact) mass is 284 g/mol. The molecular weight excluding hydrogens is 268 g/mol. The van der Waals surface area contributed by atoms with E-state index in [0.29, 0.717) is 18.9 Å². The second-order valence-electron chi connectivity index (χ2n) is 4.87. The SMILES string of the molecule is CCOc1ccccc1-c1nc(C2CC2)c(CC#N)s1. The van der Waals surface area contributed by atoms with Crippen molar-refractivity contribution < 1.29 is 4.74 Å². The lowest BCUT2D eigenvalue weighted by atomic mass is 10.2. The summed E-state index contributed by atoms with van der Waals surface area (Å²) in [7, 11) is 0. The average Bonchev–Trinajstić information content (AvgIpc) is 3.22. The van der Waals surface area contributed by atoms with Crippen LogP contribution in [0.2, 0.25) is 0 Å². The van der Waals surface area contributed by atoms with Gasteiger partial charge >= 0.3 is 0 Å². The molecule has 0 radical (unpaired) electrons. The van der Waals surface area contributed by atoms with Crippen molar-refractivity contribution in [2.45, 2.75) is 32.1 Å². The summed E-state index contributed by atoms with van der Waals surface area (Å²) in [6.45, 7) is 2.62. The molecule has 0 atom stereocenters. The van der Waals surface area contributed by atoms with Gasteiger partial charge in [-0.3, -0.25) is 0 Å². The number of rotatable bonds is 5. The third-order valence-corrected chi connectivity index (χ3v) is 4.45. The molecule has 1 aliphatic carbocycles. The molecule has 1 aromatic carbocycles. The van der Waals surface area contributed by atoms with Gasteiger partial charge in [-0.2, -0.15) is 5.26 Å². The fourth-order valence-corrected chi connectivity index (χ4v) is 3.39. The molecule has 102 valence electrons. The Kier molecular flexibility index (Phi) is 3.70. The zero-order chi connectivity index (χ0) is 13.9. The molecule has 0 unspecified atom stereocenters. The number of nitriles is 1. The molecule has 1 aliphatic rings. The highest BCUT2D eigenvalue weighted by Gasteiger charge is 2.30. The van der Waals surface area contributed by atoms with Crippen LogP contribution in [0, 0.1) is 11.3 Å². The zero-order valence-corrected chi connectivity index (χ0v) is 12.2. The first kappa shape index (κ1) is 13.1. The molecular formula is C16H16N2OS. The summed E-state index contributed by atoms with van der Waals surface area (Å²) >= 11 is 1.63. The maximum atomic E-state index is 8.97. The maximum absolute atomic E-state index is 8.97. The Morgan fingerprint density at radius 2 is 2.20 bits per heavy atom. The first-order chi connectivity index (χ1) is 9.83. The predicted octanol–water partition coefficient (Wildman–Crippen LogP) is 4.15. The van der Waals surface area contributed by atoms with E-state index in [1.54, 1.807) is 11.3 Å². The molecule has 3 nitrogen and oxygen atoms in total. The summed E-state index contributed by atoms with van der Waals surface area (Å²) in [6.07, 6.45) is 2.86. The van der Waals surface area contributed by atoms with Crippen molar-refractivity contribution in [3.63, 3.8) is 0 Å². The van der Waals surface area contributed by atoms with Crippen LogP contribution in [0.25, 0.3) is 10.6 Å². The molecule has 4 heteroatoms. The van der Waals surface area contributed by atoms with Gasteiger partial charge in [0.2, 0.25) is 0 Å². The van der Waals surface area contributed by atoms with E-state index in [9.17, 15) is 0 Å². The van der Waals surface area contributed by atoms with Crippen LogP contribution in [-0.4, -0.2) is 11.6 Å². The van der Waals surface area contributed by atoms with Gasteiger partial charge in [-0.05, 0) is 31.9 Å². The van der Waals surface area contributed by atoms with E-state index in [1.165, 1.54) is 12.8 Å². The molecule has 2 aromatic rings. The third kappa shape index (κ3) is 2.54. The van der Waals surface area contributed by atoms with Crippen LogP contribution in [-0.2, 0) is 6.42 Å². The van der Waals surface area contributed by atoms with Gasteiger partial charge in [-0.15, -0.1) is 11.3 Å². The van der Waals surface area contributed by atoms with E-state index >= 15 is 0 Å². The number of hydrogen-bond donors (Lipinski definition) is 0. The van der Waals surface area contributed by atoms with E-state index in [2.05, 4.69) is 6.07 Å². The van der Waals surface area contributed by atoms with Crippen LogP contribution in [0.5, 0.6) is 5.75 Å². The largest absolute Gasteiger partial charge is 0.493 e. The minimum atomic E-state index is 0.459. The van der Waals surface area contributed by atoms with Gasteiger partial charge in [0.05, 0.1) is 30.4 Å². The van der Waals surface area contributed by atoms with E-state index in [4.69, 9.17) is 15.0 Å².